The first-order chi connectivity index (χ1) is 11.7. The molecule has 1 amide bonds. The van der Waals surface area contributed by atoms with E-state index in [9.17, 15) is 18.0 Å². The lowest BCUT2D eigenvalue weighted by atomic mass is 9.92. The van der Waals surface area contributed by atoms with Gasteiger partial charge in [0, 0.05) is 38.3 Å². The number of piperidine rings is 1. The molecule has 1 aromatic rings. The molecular weight excluding hydrogens is 357 g/mol. The molecule has 2 unspecified atom stereocenters. The topological polar surface area (TPSA) is 71.2 Å². The molecule has 0 spiro atoms. The van der Waals surface area contributed by atoms with Gasteiger partial charge in [-0.05, 0) is 24.8 Å². The molecule has 9 heteroatoms. The molecule has 0 saturated carbocycles. The summed E-state index contributed by atoms with van der Waals surface area (Å²) < 4.78 is 37.7. The van der Waals surface area contributed by atoms with Crippen molar-refractivity contribution in [3.05, 3.63) is 22.8 Å². The molecule has 2 atom stereocenters. The number of aromatic nitrogens is 1. The molecule has 1 aliphatic rings. The van der Waals surface area contributed by atoms with Crippen LogP contribution in [0.2, 0.25) is 5.02 Å². The van der Waals surface area contributed by atoms with Crippen molar-refractivity contribution in [2.24, 2.45) is 11.7 Å². The quantitative estimate of drug-likeness (QED) is 0.825. The van der Waals surface area contributed by atoms with Crippen LogP contribution in [0.15, 0.2) is 12.3 Å². The van der Waals surface area contributed by atoms with Crippen LogP contribution in [0.3, 0.4) is 0 Å². The number of alkyl halides is 3. The number of likely N-dealkylation sites (tertiary alicyclic amines) is 1. The maximum atomic E-state index is 12.6. The van der Waals surface area contributed by atoms with Gasteiger partial charge >= 0.3 is 6.18 Å². The van der Waals surface area contributed by atoms with Crippen LogP contribution in [-0.2, 0) is 11.0 Å². The normalized spacial score (nSPS) is 21.3. The van der Waals surface area contributed by atoms with Gasteiger partial charge in [-0.15, -0.1) is 0 Å². The Morgan fingerprint density at radius 3 is 2.84 bits per heavy atom. The van der Waals surface area contributed by atoms with Crippen LogP contribution in [0.1, 0.15) is 31.7 Å². The lowest BCUT2D eigenvalue weighted by Crippen LogP contribution is -2.49. The predicted molar refractivity (Wildman–Crippen MR) is 90.3 cm³/mol. The van der Waals surface area contributed by atoms with Crippen LogP contribution in [0.4, 0.5) is 19.0 Å². The molecule has 1 fully saturated rings. The molecule has 2 heterocycles. The first kappa shape index (κ1) is 19.8. The Hall–Kier alpha value is -1.54. The molecule has 25 heavy (non-hydrogen) atoms. The minimum Gasteiger partial charge on any atom is -0.368 e. The summed E-state index contributed by atoms with van der Waals surface area (Å²) in [6, 6.07) is 0.860. The van der Waals surface area contributed by atoms with E-state index in [0.29, 0.717) is 25.2 Å². The number of nitrogens with two attached hydrogens (primary N) is 1. The Morgan fingerprint density at radius 2 is 2.24 bits per heavy atom. The summed E-state index contributed by atoms with van der Waals surface area (Å²) in [5.41, 5.74) is 4.84. The number of anilines is 1. The van der Waals surface area contributed by atoms with Gasteiger partial charge in [-0.2, -0.15) is 13.2 Å². The van der Waals surface area contributed by atoms with E-state index in [0.717, 1.165) is 18.9 Å². The number of hydrogen-bond acceptors (Lipinski definition) is 4. The second-order valence-electron chi connectivity index (χ2n) is 6.34. The van der Waals surface area contributed by atoms with E-state index in [1.54, 1.807) is 4.90 Å². The molecular formula is C16H22ClF3N4O. The van der Waals surface area contributed by atoms with E-state index >= 15 is 0 Å². The van der Waals surface area contributed by atoms with Gasteiger partial charge in [0.05, 0.1) is 10.6 Å². The average molecular weight is 379 g/mol. The molecule has 1 saturated heterocycles. The summed E-state index contributed by atoms with van der Waals surface area (Å²) >= 11 is 5.82. The van der Waals surface area contributed by atoms with Crippen LogP contribution in [0, 0.1) is 5.92 Å². The number of carbonyl (C=O) groups excluding carboxylic acids is 1. The van der Waals surface area contributed by atoms with Crippen molar-refractivity contribution in [2.75, 3.05) is 25.0 Å². The zero-order valence-electron chi connectivity index (χ0n) is 13.9. The van der Waals surface area contributed by atoms with Crippen LogP contribution < -0.4 is 11.1 Å². The highest BCUT2D eigenvalue weighted by Crippen LogP contribution is 2.32. The fraction of sp³-hybridized carbons (Fsp3) is 0.625. The van der Waals surface area contributed by atoms with Gasteiger partial charge in [0.25, 0.3) is 0 Å². The number of carbonyl (C=O) groups is 1. The first-order valence-corrected chi connectivity index (χ1v) is 8.56. The SMILES string of the molecule is CC1CCN(C(=O)CCNc2ncc(C(F)(F)F)cc2Cl)C(CN)C1. The fourth-order valence-electron chi connectivity index (χ4n) is 2.96. The third-order valence-corrected chi connectivity index (χ3v) is 4.66. The van der Waals surface area contributed by atoms with Crippen LogP contribution in [-0.4, -0.2) is 41.5 Å². The van der Waals surface area contributed by atoms with Crippen molar-refractivity contribution in [1.82, 2.24) is 9.88 Å². The van der Waals surface area contributed by atoms with Gasteiger partial charge in [-0.3, -0.25) is 4.79 Å². The number of halogens is 4. The Labute approximate surface area is 149 Å². The summed E-state index contributed by atoms with van der Waals surface area (Å²) in [4.78, 5) is 17.8. The Kier molecular flexibility index (Phi) is 6.51. The first-order valence-electron chi connectivity index (χ1n) is 8.18. The van der Waals surface area contributed by atoms with Crippen LogP contribution in [0.5, 0.6) is 0 Å². The number of pyridine rings is 1. The number of nitrogens with zero attached hydrogens (tertiary/aromatic N) is 2. The van der Waals surface area contributed by atoms with Gasteiger partial charge in [-0.1, -0.05) is 18.5 Å². The zero-order chi connectivity index (χ0) is 18.6. The van der Waals surface area contributed by atoms with Crippen molar-refractivity contribution >= 4 is 23.3 Å². The highest BCUT2D eigenvalue weighted by Gasteiger charge is 2.32. The van der Waals surface area contributed by atoms with Crippen LogP contribution in [0.25, 0.3) is 0 Å². The molecule has 1 aromatic heterocycles. The highest BCUT2D eigenvalue weighted by molar-refractivity contribution is 6.32. The maximum absolute atomic E-state index is 12.6. The summed E-state index contributed by atoms with van der Waals surface area (Å²) in [6.45, 7) is 3.49. The minimum absolute atomic E-state index is 0.0297. The molecule has 5 nitrogen and oxygen atoms in total. The van der Waals surface area contributed by atoms with Crippen molar-refractivity contribution < 1.29 is 18.0 Å². The second-order valence-corrected chi connectivity index (χ2v) is 6.74. The van der Waals surface area contributed by atoms with Crippen molar-refractivity contribution in [2.45, 2.75) is 38.4 Å². The Balaban J connectivity index is 1.89. The van der Waals surface area contributed by atoms with Gasteiger partial charge in [0.2, 0.25) is 5.91 Å². The fourth-order valence-corrected chi connectivity index (χ4v) is 3.19. The standard InChI is InChI=1S/C16H22ClF3N4O/c1-10-3-5-24(12(6-10)8-21)14(25)2-4-22-15-13(17)7-11(9-23-15)16(18,19)20/h7,9-10,12H,2-6,8,21H2,1H3,(H,22,23). The molecule has 0 aromatic carbocycles. The van der Waals surface area contributed by atoms with Gasteiger partial charge in [0.1, 0.15) is 5.82 Å². The third kappa shape index (κ3) is 5.22. The molecule has 3 N–H and O–H groups in total. The summed E-state index contributed by atoms with van der Waals surface area (Å²) in [5, 5.41) is 2.68. The van der Waals surface area contributed by atoms with E-state index in [2.05, 4.69) is 17.2 Å². The Morgan fingerprint density at radius 1 is 1.52 bits per heavy atom. The summed E-state index contributed by atoms with van der Waals surface area (Å²) in [5.74, 6) is 0.647. The van der Waals surface area contributed by atoms with E-state index in [1.807, 2.05) is 0 Å². The van der Waals surface area contributed by atoms with Crippen molar-refractivity contribution in [3.63, 3.8) is 0 Å². The summed E-state index contributed by atoms with van der Waals surface area (Å²) in [6.07, 6.45) is -1.74. The van der Waals surface area contributed by atoms with E-state index in [1.165, 1.54) is 0 Å². The predicted octanol–water partition coefficient (Wildman–Crippen LogP) is 3.14. The molecule has 0 bridgehead atoms. The van der Waals surface area contributed by atoms with E-state index in [-0.39, 0.29) is 35.8 Å². The van der Waals surface area contributed by atoms with E-state index in [4.69, 9.17) is 17.3 Å². The summed E-state index contributed by atoms with van der Waals surface area (Å²) in [7, 11) is 0. The van der Waals surface area contributed by atoms with Gasteiger partial charge in [-0.25, -0.2) is 4.98 Å². The lowest BCUT2D eigenvalue weighted by Gasteiger charge is -2.38. The maximum Gasteiger partial charge on any atom is 0.417 e. The van der Waals surface area contributed by atoms with Gasteiger partial charge in [0.15, 0.2) is 0 Å². The van der Waals surface area contributed by atoms with Gasteiger partial charge < -0.3 is 16.0 Å². The molecule has 0 aliphatic carbocycles. The average Bonchev–Trinajstić information content (AvgIpc) is 2.55. The largest absolute Gasteiger partial charge is 0.417 e. The number of amides is 1. The third-order valence-electron chi connectivity index (χ3n) is 4.37. The molecule has 140 valence electrons. The smallest absolute Gasteiger partial charge is 0.368 e. The highest BCUT2D eigenvalue weighted by atomic mass is 35.5. The number of rotatable bonds is 5. The number of hydrogen-bond donors (Lipinski definition) is 2. The zero-order valence-corrected chi connectivity index (χ0v) is 14.7. The van der Waals surface area contributed by atoms with Crippen molar-refractivity contribution in [3.8, 4) is 0 Å². The minimum atomic E-state index is -4.49. The Bertz CT molecular complexity index is 612. The number of nitrogens with one attached hydrogen (secondary N) is 1. The van der Waals surface area contributed by atoms with E-state index < -0.39 is 11.7 Å². The monoisotopic (exact) mass is 378 g/mol. The lowest BCUT2D eigenvalue weighted by molar-refractivity contribution is -0.138. The van der Waals surface area contributed by atoms with Crippen molar-refractivity contribution in [1.29, 1.82) is 0 Å². The second kappa shape index (κ2) is 8.23. The molecule has 1 aliphatic heterocycles. The molecule has 0 radical (unpaired) electrons. The van der Waals surface area contributed by atoms with Crippen LogP contribution >= 0.6 is 11.6 Å². The molecule has 2 rings (SSSR count).